The van der Waals surface area contributed by atoms with E-state index in [2.05, 4.69) is 6.58 Å². The second-order valence-electron chi connectivity index (χ2n) is 6.24. The molecule has 0 saturated carbocycles. The Hall–Kier alpha value is -1.29. The Balaban J connectivity index is 1.85. The summed E-state index contributed by atoms with van der Waals surface area (Å²) in [5.41, 5.74) is 0.546. The number of piperidine rings is 3. The van der Waals surface area contributed by atoms with Crippen LogP contribution < -0.4 is 0 Å². The predicted molar refractivity (Wildman–Crippen MR) is 71.3 cm³/mol. The molecular formula is C16H19F3N+. The van der Waals surface area contributed by atoms with E-state index in [1.54, 1.807) is 0 Å². The van der Waals surface area contributed by atoms with Gasteiger partial charge in [0.15, 0.2) is 17.5 Å². The summed E-state index contributed by atoms with van der Waals surface area (Å²) >= 11 is 0. The average molecular weight is 282 g/mol. The highest BCUT2D eigenvalue weighted by Gasteiger charge is 2.44. The van der Waals surface area contributed by atoms with Crippen molar-refractivity contribution in [3.63, 3.8) is 0 Å². The molecule has 3 saturated heterocycles. The molecule has 3 aliphatic rings. The smallest absolute Gasteiger partial charge is 0.194 e. The molecule has 0 aliphatic carbocycles. The van der Waals surface area contributed by atoms with Gasteiger partial charge in [-0.3, -0.25) is 0 Å². The highest BCUT2D eigenvalue weighted by Crippen LogP contribution is 2.39. The third kappa shape index (κ3) is 2.26. The molecule has 0 aromatic heterocycles. The van der Waals surface area contributed by atoms with Gasteiger partial charge < -0.3 is 4.48 Å². The molecule has 3 aliphatic heterocycles. The Kier molecular flexibility index (Phi) is 3.36. The first-order chi connectivity index (χ1) is 9.53. The molecule has 1 aromatic rings. The van der Waals surface area contributed by atoms with E-state index in [4.69, 9.17) is 0 Å². The number of rotatable bonds is 3. The second kappa shape index (κ2) is 4.92. The lowest BCUT2D eigenvalue weighted by atomic mass is 9.77. The van der Waals surface area contributed by atoms with Gasteiger partial charge in [-0.25, -0.2) is 13.2 Å². The lowest BCUT2D eigenvalue weighted by Gasteiger charge is -2.52. The maximum absolute atomic E-state index is 13.3. The first-order valence-electron chi connectivity index (χ1n) is 7.14. The van der Waals surface area contributed by atoms with Crippen molar-refractivity contribution in [2.45, 2.75) is 19.4 Å². The number of hydrogen-bond acceptors (Lipinski definition) is 0. The third-order valence-corrected chi connectivity index (χ3v) is 5.02. The van der Waals surface area contributed by atoms with E-state index in [9.17, 15) is 13.2 Å². The minimum absolute atomic E-state index is 0.493. The summed E-state index contributed by atoms with van der Waals surface area (Å²) in [5.74, 6) is -2.35. The number of nitrogens with zero attached hydrogens (tertiary/aromatic N) is 1. The average Bonchev–Trinajstić information content (AvgIpc) is 2.45. The Morgan fingerprint density at radius 1 is 1.15 bits per heavy atom. The Morgan fingerprint density at radius 2 is 1.75 bits per heavy atom. The van der Waals surface area contributed by atoms with E-state index >= 15 is 0 Å². The fraction of sp³-hybridized carbons (Fsp3) is 0.500. The van der Waals surface area contributed by atoms with Crippen LogP contribution in [0.1, 0.15) is 18.4 Å². The van der Waals surface area contributed by atoms with Gasteiger partial charge in [-0.05, 0) is 18.1 Å². The van der Waals surface area contributed by atoms with Crippen molar-refractivity contribution in [1.29, 1.82) is 0 Å². The van der Waals surface area contributed by atoms with Crippen LogP contribution >= 0.6 is 0 Å². The highest BCUT2D eigenvalue weighted by atomic mass is 19.2. The molecule has 0 spiro atoms. The van der Waals surface area contributed by atoms with Crippen LogP contribution in [0.4, 0.5) is 13.2 Å². The van der Waals surface area contributed by atoms with Crippen molar-refractivity contribution >= 4 is 0 Å². The van der Waals surface area contributed by atoms with E-state index in [1.807, 2.05) is 6.08 Å². The molecule has 4 rings (SSSR count). The molecule has 0 unspecified atom stereocenters. The summed E-state index contributed by atoms with van der Waals surface area (Å²) in [7, 11) is 0. The van der Waals surface area contributed by atoms with Crippen molar-refractivity contribution in [3.05, 3.63) is 47.8 Å². The lowest BCUT2D eigenvalue weighted by Crippen LogP contribution is -2.60. The monoisotopic (exact) mass is 282 g/mol. The number of halogens is 3. The summed E-state index contributed by atoms with van der Waals surface area (Å²) in [4.78, 5) is 0. The normalized spacial score (nSPS) is 32.4. The molecule has 0 radical (unpaired) electrons. The molecule has 1 aromatic carbocycles. The standard InChI is InChI=1S/C16H19F3N/c1-2-12-10-20(5-3-13(12)4-6-20)9-11-7-14(17)16(19)15(18)8-11/h2,7-8,12-13H,1,3-6,9-10H2/q+1/t12-,13?,20?/m0/s1. The Morgan fingerprint density at radius 3 is 2.30 bits per heavy atom. The number of fused-ring (bicyclic) bond motifs is 3. The van der Waals surface area contributed by atoms with Crippen molar-refractivity contribution in [2.75, 3.05) is 19.6 Å². The summed E-state index contributed by atoms with van der Waals surface area (Å²) < 4.78 is 40.5. The summed E-state index contributed by atoms with van der Waals surface area (Å²) in [5, 5.41) is 0. The van der Waals surface area contributed by atoms with Gasteiger partial charge in [0.05, 0.1) is 19.6 Å². The summed E-state index contributed by atoms with van der Waals surface area (Å²) in [6, 6.07) is 2.27. The van der Waals surface area contributed by atoms with Crippen LogP contribution in [0.5, 0.6) is 0 Å². The van der Waals surface area contributed by atoms with Crippen molar-refractivity contribution in [3.8, 4) is 0 Å². The fourth-order valence-electron chi connectivity index (χ4n) is 3.92. The summed E-state index contributed by atoms with van der Waals surface area (Å²) in [6.45, 7) is 7.53. The van der Waals surface area contributed by atoms with Gasteiger partial charge in [-0.2, -0.15) is 0 Å². The van der Waals surface area contributed by atoms with Crippen LogP contribution in [0.25, 0.3) is 0 Å². The zero-order valence-corrected chi connectivity index (χ0v) is 11.4. The highest BCUT2D eigenvalue weighted by molar-refractivity contribution is 5.18. The van der Waals surface area contributed by atoms with Crippen molar-refractivity contribution < 1.29 is 17.7 Å². The van der Waals surface area contributed by atoms with Crippen LogP contribution in [0.15, 0.2) is 24.8 Å². The van der Waals surface area contributed by atoms with E-state index in [1.165, 1.54) is 0 Å². The van der Waals surface area contributed by atoms with Crippen molar-refractivity contribution in [1.82, 2.24) is 0 Å². The van der Waals surface area contributed by atoms with Gasteiger partial charge in [-0.1, -0.05) is 6.08 Å². The van der Waals surface area contributed by atoms with E-state index in [-0.39, 0.29) is 0 Å². The van der Waals surface area contributed by atoms with Crippen LogP contribution in [0.2, 0.25) is 0 Å². The van der Waals surface area contributed by atoms with Gasteiger partial charge in [0.1, 0.15) is 6.54 Å². The minimum atomic E-state index is -1.38. The van der Waals surface area contributed by atoms with Gasteiger partial charge in [0.2, 0.25) is 0 Å². The fourth-order valence-corrected chi connectivity index (χ4v) is 3.92. The SMILES string of the molecule is C=C[C@H]1C[N+]2(Cc3cc(F)c(F)c(F)c3)CCC1CC2. The minimum Gasteiger partial charge on any atom is -0.319 e. The molecule has 3 fully saturated rings. The maximum atomic E-state index is 13.3. The largest absolute Gasteiger partial charge is 0.319 e. The number of quaternary nitrogens is 1. The summed E-state index contributed by atoms with van der Waals surface area (Å²) in [6.07, 6.45) is 4.30. The first-order valence-corrected chi connectivity index (χ1v) is 7.14. The van der Waals surface area contributed by atoms with Gasteiger partial charge in [0, 0.05) is 24.3 Å². The van der Waals surface area contributed by atoms with Crippen molar-refractivity contribution in [2.24, 2.45) is 11.8 Å². The topological polar surface area (TPSA) is 0 Å². The molecule has 20 heavy (non-hydrogen) atoms. The molecule has 108 valence electrons. The second-order valence-corrected chi connectivity index (χ2v) is 6.24. The molecule has 0 N–H and O–H groups in total. The molecular weight excluding hydrogens is 263 g/mol. The number of benzene rings is 1. The Bertz CT molecular complexity index is 510. The van der Waals surface area contributed by atoms with E-state index < -0.39 is 17.5 Å². The first kappa shape index (κ1) is 13.7. The van der Waals surface area contributed by atoms with Gasteiger partial charge in [-0.15, -0.1) is 6.58 Å². The van der Waals surface area contributed by atoms with Gasteiger partial charge in [0.25, 0.3) is 0 Å². The maximum Gasteiger partial charge on any atom is 0.194 e. The lowest BCUT2D eigenvalue weighted by molar-refractivity contribution is -0.958. The third-order valence-electron chi connectivity index (χ3n) is 5.02. The zero-order chi connectivity index (χ0) is 14.3. The Labute approximate surface area is 117 Å². The molecule has 0 amide bonds. The van der Waals surface area contributed by atoms with Crippen LogP contribution in [-0.4, -0.2) is 24.1 Å². The zero-order valence-electron chi connectivity index (χ0n) is 11.4. The number of hydrogen-bond donors (Lipinski definition) is 0. The van der Waals surface area contributed by atoms with E-state index in [0.29, 0.717) is 23.9 Å². The molecule has 1 atom stereocenters. The predicted octanol–water partition coefficient (Wildman–Crippen LogP) is 3.65. The molecule has 1 nitrogen and oxygen atoms in total. The van der Waals surface area contributed by atoms with Crippen LogP contribution in [0.3, 0.4) is 0 Å². The molecule has 4 heteroatoms. The molecule has 3 heterocycles. The molecule has 2 bridgehead atoms. The van der Waals surface area contributed by atoms with E-state index in [0.717, 1.165) is 49.1 Å². The van der Waals surface area contributed by atoms with Crippen LogP contribution in [-0.2, 0) is 6.54 Å². The van der Waals surface area contributed by atoms with Gasteiger partial charge >= 0.3 is 0 Å². The quantitative estimate of drug-likeness (QED) is 0.451. The van der Waals surface area contributed by atoms with Crippen LogP contribution in [0, 0.1) is 29.3 Å².